The third kappa shape index (κ3) is 21.4. The number of nitrogens with one attached hydrogen (secondary N) is 2. The van der Waals surface area contributed by atoms with Crippen molar-refractivity contribution in [3.8, 4) is 0 Å². The number of allylic oxidation sites excluding steroid dienone is 12. The molecular weight excluding hydrogens is 553 g/mol. The van der Waals surface area contributed by atoms with Crippen molar-refractivity contribution < 1.29 is 14.3 Å². The Bertz CT molecular complexity index is 1050. The SMILES string of the molecule is CC/C=C/C/C=C/C/C=C/C/C=C/C/C=C/C/C=C/CCC(=O)NCCSSCCNC(=O)c1c[n+]([O-])c(C)cn1. The molecule has 9 heteroatoms. The Balaban J connectivity index is 1.93. The molecule has 1 heterocycles. The predicted molar refractivity (Wildman–Crippen MR) is 176 cm³/mol. The Hall–Kier alpha value is -3.04. The first-order chi connectivity index (χ1) is 20.0. The summed E-state index contributed by atoms with van der Waals surface area (Å²) in [5, 5.41) is 17.2. The summed E-state index contributed by atoms with van der Waals surface area (Å²) >= 11 is 0. The van der Waals surface area contributed by atoms with Gasteiger partial charge in [-0.1, -0.05) is 101 Å². The van der Waals surface area contributed by atoms with Crippen molar-refractivity contribution in [2.24, 2.45) is 0 Å². The van der Waals surface area contributed by atoms with Gasteiger partial charge in [0.15, 0.2) is 5.69 Å². The molecule has 1 aromatic rings. The zero-order chi connectivity index (χ0) is 29.8. The van der Waals surface area contributed by atoms with E-state index in [2.05, 4.69) is 95.5 Å². The number of hydrogen-bond acceptors (Lipinski definition) is 6. The molecule has 7 nitrogen and oxygen atoms in total. The van der Waals surface area contributed by atoms with Gasteiger partial charge in [0, 0.05) is 37.9 Å². The molecule has 1 aromatic heterocycles. The number of rotatable bonds is 22. The van der Waals surface area contributed by atoms with Crippen molar-refractivity contribution in [2.75, 3.05) is 24.6 Å². The largest absolute Gasteiger partial charge is 0.618 e. The van der Waals surface area contributed by atoms with Gasteiger partial charge in [0.05, 0.1) is 6.20 Å². The highest BCUT2D eigenvalue weighted by atomic mass is 33.1. The molecule has 0 aliphatic carbocycles. The molecule has 0 atom stereocenters. The van der Waals surface area contributed by atoms with Crippen LogP contribution in [0.15, 0.2) is 85.3 Å². The van der Waals surface area contributed by atoms with Gasteiger partial charge in [-0.2, -0.15) is 4.73 Å². The van der Waals surface area contributed by atoms with E-state index >= 15 is 0 Å². The second-order valence-electron chi connectivity index (χ2n) is 8.94. The molecule has 0 saturated carbocycles. The molecule has 0 aliphatic rings. The van der Waals surface area contributed by atoms with E-state index in [-0.39, 0.29) is 17.5 Å². The summed E-state index contributed by atoms with van der Waals surface area (Å²) in [6, 6.07) is 0. The standard InChI is InChI=1S/C32H46N4O3S2/c1-3-4-5-6-7-8-9-10-11-12-13-14-15-16-17-18-19-20-21-22-31(37)33-23-25-40-41-26-24-34-32(38)30-28-36(39)29(2)27-35-30/h4-5,7-8,10-11,13-14,16-17,19-20,27-28H,3,6,9,12,15,18,21-26H2,1-2H3,(H,33,37)(H,34,38)/b5-4+,8-7+,11-10+,14-13+,17-16+,20-19+. The second-order valence-corrected chi connectivity index (χ2v) is 11.6. The topological polar surface area (TPSA) is 98.0 Å². The van der Waals surface area contributed by atoms with Crippen molar-refractivity contribution in [2.45, 2.75) is 65.2 Å². The Morgan fingerprint density at radius 3 is 1.80 bits per heavy atom. The molecule has 41 heavy (non-hydrogen) atoms. The highest BCUT2D eigenvalue weighted by Crippen LogP contribution is 2.19. The third-order valence-corrected chi connectivity index (χ3v) is 7.81. The van der Waals surface area contributed by atoms with Gasteiger partial charge < -0.3 is 15.8 Å². The predicted octanol–water partition coefficient (Wildman–Crippen LogP) is 6.73. The summed E-state index contributed by atoms with van der Waals surface area (Å²) in [6.45, 7) is 4.87. The van der Waals surface area contributed by atoms with Gasteiger partial charge in [-0.15, -0.1) is 0 Å². The highest BCUT2D eigenvalue weighted by Gasteiger charge is 2.11. The lowest BCUT2D eigenvalue weighted by molar-refractivity contribution is -0.613. The van der Waals surface area contributed by atoms with E-state index in [0.29, 0.717) is 29.9 Å². The van der Waals surface area contributed by atoms with Crippen LogP contribution in [0.1, 0.15) is 74.5 Å². The Morgan fingerprint density at radius 2 is 1.29 bits per heavy atom. The second kappa shape index (κ2) is 25.9. The molecule has 0 bridgehead atoms. The summed E-state index contributed by atoms with van der Waals surface area (Å²) in [6.07, 6.45) is 35.7. The van der Waals surface area contributed by atoms with Crippen molar-refractivity contribution >= 4 is 33.4 Å². The Labute approximate surface area is 254 Å². The van der Waals surface area contributed by atoms with Crippen molar-refractivity contribution in [1.29, 1.82) is 0 Å². The Kier molecular flexibility index (Phi) is 22.7. The molecule has 0 aliphatic heterocycles. The van der Waals surface area contributed by atoms with Gasteiger partial charge in [-0.25, -0.2) is 4.98 Å². The average Bonchev–Trinajstić information content (AvgIpc) is 2.97. The molecular formula is C32H46N4O3S2. The minimum absolute atomic E-state index is 0.0589. The lowest BCUT2D eigenvalue weighted by Gasteiger charge is -2.06. The normalized spacial score (nSPS) is 12.2. The summed E-state index contributed by atoms with van der Waals surface area (Å²) in [5.41, 5.74) is 0.546. The van der Waals surface area contributed by atoms with Crippen molar-refractivity contribution in [3.63, 3.8) is 0 Å². The maximum absolute atomic E-state index is 12.0. The Morgan fingerprint density at radius 1 is 0.805 bits per heavy atom. The molecule has 0 fully saturated rings. The zero-order valence-electron chi connectivity index (χ0n) is 24.5. The summed E-state index contributed by atoms with van der Waals surface area (Å²) in [4.78, 5) is 27.9. The summed E-state index contributed by atoms with van der Waals surface area (Å²) < 4.78 is 0.630. The molecule has 0 radical (unpaired) electrons. The molecule has 224 valence electrons. The van der Waals surface area contributed by atoms with Crippen LogP contribution >= 0.6 is 21.6 Å². The third-order valence-electron chi connectivity index (χ3n) is 5.41. The first-order valence-corrected chi connectivity index (χ1v) is 16.8. The van der Waals surface area contributed by atoms with Crippen LogP contribution in [0.3, 0.4) is 0 Å². The minimum Gasteiger partial charge on any atom is -0.618 e. The molecule has 2 N–H and O–H groups in total. The van der Waals surface area contributed by atoms with Gasteiger partial charge in [0.25, 0.3) is 5.91 Å². The molecule has 0 saturated heterocycles. The lowest BCUT2D eigenvalue weighted by Crippen LogP contribution is -2.34. The number of carbonyl (C=O) groups is 2. The number of aryl methyl sites for hydroxylation is 1. The fraction of sp³-hybridized carbons (Fsp3) is 0.438. The lowest BCUT2D eigenvalue weighted by atomic mass is 10.2. The van der Waals surface area contributed by atoms with Crippen LogP contribution in [0.2, 0.25) is 0 Å². The van der Waals surface area contributed by atoms with Crippen LogP contribution < -0.4 is 15.4 Å². The van der Waals surface area contributed by atoms with E-state index in [9.17, 15) is 14.8 Å². The van der Waals surface area contributed by atoms with E-state index in [1.54, 1.807) is 28.5 Å². The van der Waals surface area contributed by atoms with E-state index in [4.69, 9.17) is 0 Å². The maximum atomic E-state index is 12.0. The van der Waals surface area contributed by atoms with Crippen molar-refractivity contribution in [3.05, 3.63) is 102 Å². The van der Waals surface area contributed by atoms with Crippen LogP contribution in [0.25, 0.3) is 0 Å². The average molecular weight is 599 g/mol. The van der Waals surface area contributed by atoms with Gasteiger partial charge in [-0.05, 0) is 44.9 Å². The number of nitrogens with zero attached hydrogens (tertiary/aromatic N) is 2. The maximum Gasteiger partial charge on any atom is 0.276 e. The van der Waals surface area contributed by atoms with Gasteiger partial charge in [0.2, 0.25) is 17.8 Å². The first-order valence-electron chi connectivity index (χ1n) is 14.3. The van der Waals surface area contributed by atoms with Gasteiger partial charge >= 0.3 is 0 Å². The fourth-order valence-corrected chi connectivity index (χ4v) is 4.99. The van der Waals surface area contributed by atoms with Gasteiger partial charge in [-0.3, -0.25) is 9.59 Å². The summed E-state index contributed by atoms with van der Waals surface area (Å²) in [5.74, 6) is 1.21. The number of aromatic nitrogens is 2. The van der Waals surface area contributed by atoms with E-state index < -0.39 is 0 Å². The number of amides is 2. The number of hydrogen-bond donors (Lipinski definition) is 2. The zero-order valence-corrected chi connectivity index (χ0v) is 26.1. The van der Waals surface area contributed by atoms with Crippen LogP contribution in [-0.2, 0) is 4.79 Å². The van der Waals surface area contributed by atoms with Crippen LogP contribution in [0.4, 0.5) is 0 Å². The van der Waals surface area contributed by atoms with Crippen LogP contribution in [-0.4, -0.2) is 41.4 Å². The van der Waals surface area contributed by atoms with E-state index in [1.165, 1.54) is 12.4 Å². The van der Waals surface area contributed by atoms with Crippen LogP contribution in [0, 0.1) is 12.1 Å². The first kappa shape index (κ1) is 36.0. The van der Waals surface area contributed by atoms with Crippen molar-refractivity contribution in [1.82, 2.24) is 15.6 Å². The fourth-order valence-electron chi connectivity index (χ4n) is 3.17. The van der Waals surface area contributed by atoms with Gasteiger partial charge in [0.1, 0.15) is 0 Å². The smallest absolute Gasteiger partial charge is 0.276 e. The van der Waals surface area contributed by atoms with Crippen LogP contribution in [0.5, 0.6) is 0 Å². The molecule has 1 rings (SSSR count). The monoisotopic (exact) mass is 598 g/mol. The molecule has 2 amide bonds. The minimum atomic E-state index is -0.362. The highest BCUT2D eigenvalue weighted by molar-refractivity contribution is 8.76. The number of carbonyl (C=O) groups excluding carboxylic acids is 2. The molecule has 0 spiro atoms. The molecule has 0 unspecified atom stereocenters. The quantitative estimate of drug-likeness (QED) is 0.0505. The van der Waals surface area contributed by atoms with E-state index in [1.807, 2.05) is 0 Å². The van der Waals surface area contributed by atoms with E-state index in [0.717, 1.165) is 56.5 Å². The molecule has 0 aromatic carbocycles. The summed E-state index contributed by atoms with van der Waals surface area (Å²) in [7, 11) is 3.27.